The summed E-state index contributed by atoms with van der Waals surface area (Å²) in [7, 11) is 1.44. The van der Waals surface area contributed by atoms with Crippen LogP contribution in [-0.4, -0.2) is 59.6 Å². The number of amidine groups is 1. The molecule has 0 spiro atoms. The molecule has 13 heteroatoms. The summed E-state index contributed by atoms with van der Waals surface area (Å²) in [5, 5.41) is 15.2. The predicted octanol–water partition coefficient (Wildman–Crippen LogP) is 1.65. The van der Waals surface area contributed by atoms with Gasteiger partial charge in [-0.2, -0.15) is 0 Å². The average molecular weight is 494 g/mol. The standard InChI is InChI=1S/C23H23FN8O4/c1-34-15-11-14(16(24)19-18(15)35-9-10-36-19)17(29-13-5-3-12(4-6-13)20(25)26)21-30-23(33)32(31-21)22-27-7-2-8-28-22/h3-7,11,17,29H,2,8-10H2,1H3,(H3,25,26)(H,30,31,33). The minimum absolute atomic E-state index is 0.0856. The number of halogens is 1. The minimum atomic E-state index is -0.986. The molecule has 0 saturated heterocycles. The van der Waals surface area contributed by atoms with Crippen molar-refractivity contribution in [1.82, 2.24) is 14.8 Å². The largest absolute Gasteiger partial charge is 0.493 e. The molecule has 2 aromatic carbocycles. The second-order valence-electron chi connectivity index (χ2n) is 7.91. The van der Waals surface area contributed by atoms with Gasteiger partial charge >= 0.3 is 5.69 Å². The van der Waals surface area contributed by atoms with Crippen molar-refractivity contribution in [3.05, 3.63) is 63.6 Å². The van der Waals surface area contributed by atoms with E-state index in [1.807, 2.05) is 0 Å². The van der Waals surface area contributed by atoms with Gasteiger partial charge in [-0.3, -0.25) is 10.4 Å². The van der Waals surface area contributed by atoms with Gasteiger partial charge in [0.2, 0.25) is 17.5 Å². The highest BCUT2D eigenvalue weighted by Gasteiger charge is 2.31. The lowest BCUT2D eigenvalue weighted by Crippen LogP contribution is -2.26. The number of ether oxygens (including phenoxy) is 3. The molecule has 0 bridgehead atoms. The Labute approximate surface area is 204 Å². The highest BCUT2D eigenvalue weighted by molar-refractivity contribution is 5.95. The summed E-state index contributed by atoms with van der Waals surface area (Å²) in [6.45, 7) is 0.905. The number of hydrogen-bond acceptors (Lipinski definition) is 9. The Morgan fingerprint density at radius 2 is 2.03 bits per heavy atom. The van der Waals surface area contributed by atoms with Crippen LogP contribution in [0.15, 0.2) is 45.1 Å². The molecular weight excluding hydrogens is 471 g/mol. The van der Waals surface area contributed by atoms with E-state index in [4.69, 9.17) is 25.4 Å². The molecule has 2 aliphatic rings. The number of nitrogens with one attached hydrogen (secondary N) is 3. The van der Waals surface area contributed by atoms with E-state index in [9.17, 15) is 4.79 Å². The fraction of sp³-hybridized carbons (Fsp3) is 0.261. The van der Waals surface area contributed by atoms with Crippen LogP contribution in [0.3, 0.4) is 0 Å². The maximum absolute atomic E-state index is 15.8. The van der Waals surface area contributed by atoms with Crippen LogP contribution in [-0.2, 0) is 0 Å². The van der Waals surface area contributed by atoms with Gasteiger partial charge in [0.1, 0.15) is 25.1 Å². The van der Waals surface area contributed by atoms with Crippen molar-refractivity contribution < 1.29 is 18.6 Å². The molecule has 1 atom stereocenters. The first-order chi connectivity index (χ1) is 17.5. The van der Waals surface area contributed by atoms with Gasteiger partial charge in [0, 0.05) is 36.0 Å². The van der Waals surface area contributed by atoms with Gasteiger partial charge in [0.15, 0.2) is 17.4 Å². The zero-order valence-corrected chi connectivity index (χ0v) is 19.2. The van der Waals surface area contributed by atoms with Gasteiger partial charge in [-0.15, -0.1) is 9.78 Å². The van der Waals surface area contributed by atoms with E-state index in [1.54, 1.807) is 30.5 Å². The normalized spacial score (nSPS) is 15.2. The SMILES string of the molecule is COc1cc(C(Nc2ccc(C(=N)N)cc2)c2nn(C3=NCCC=N3)c(=O)[nH]2)c(F)c2c1OCCO2. The molecule has 5 N–H and O–H groups in total. The molecule has 3 heterocycles. The molecule has 1 unspecified atom stereocenters. The quantitative estimate of drug-likeness (QED) is 0.299. The number of benzene rings is 2. The third-order valence-electron chi connectivity index (χ3n) is 5.60. The van der Waals surface area contributed by atoms with Crippen molar-refractivity contribution in [1.29, 1.82) is 5.41 Å². The second kappa shape index (κ2) is 9.52. The van der Waals surface area contributed by atoms with Gasteiger partial charge in [-0.1, -0.05) is 0 Å². The monoisotopic (exact) mass is 494 g/mol. The van der Waals surface area contributed by atoms with Crippen molar-refractivity contribution in [3.63, 3.8) is 0 Å². The fourth-order valence-electron chi connectivity index (χ4n) is 3.87. The van der Waals surface area contributed by atoms with Crippen LogP contribution < -0.4 is 31.0 Å². The van der Waals surface area contributed by atoms with Crippen molar-refractivity contribution >= 4 is 23.7 Å². The number of H-pyrrole nitrogens is 1. The Balaban J connectivity index is 1.63. The molecule has 36 heavy (non-hydrogen) atoms. The van der Waals surface area contributed by atoms with E-state index in [1.165, 1.54) is 13.2 Å². The smallest absolute Gasteiger partial charge is 0.350 e. The summed E-state index contributed by atoms with van der Waals surface area (Å²) in [4.78, 5) is 23.8. The lowest BCUT2D eigenvalue weighted by Gasteiger charge is -2.25. The summed E-state index contributed by atoms with van der Waals surface area (Å²) in [6.07, 6.45) is 2.32. The average Bonchev–Trinajstić information content (AvgIpc) is 3.30. The number of nitrogens with zero attached hydrogens (tertiary/aromatic N) is 4. The van der Waals surface area contributed by atoms with E-state index in [2.05, 4.69) is 25.4 Å². The summed E-state index contributed by atoms with van der Waals surface area (Å²) >= 11 is 0. The fourth-order valence-corrected chi connectivity index (χ4v) is 3.87. The van der Waals surface area contributed by atoms with Gasteiger partial charge in [0.25, 0.3) is 0 Å². The molecule has 0 saturated carbocycles. The number of aliphatic imine (C=N–C) groups is 2. The van der Waals surface area contributed by atoms with E-state index in [0.717, 1.165) is 4.68 Å². The summed E-state index contributed by atoms with van der Waals surface area (Å²) in [5.41, 5.74) is 6.15. The molecule has 1 aromatic heterocycles. The van der Waals surface area contributed by atoms with E-state index < -0.39 is 17.5 Å². The first kappa shape index (κ1) is 23.1. The molecule has 186 valence electrons. The highest BCUT2D eigenvalue weighted by atomic mass is 19.1. The maximum atomic E-state index is 15.8. The topological polar surface area (TPSA) is 165 Å². The van der Waals surface area contributed by atoms with E-state index >= 15 is 4.39 Å². The Hall–Kier alpha value is -4.68. The summed E-state index contributed by atoms with van der Waals surface area (Å²) < 4.78 is 33.4. The number of rotatable bonds is 6. The number of fused-ring (bicyclic) bond motifs is 1. The van der Waals surface area contributed by atoms with Crippen molar-refractivity contribution in [2.24, 2.45) is 15.7 Å². The van der Waals surface area contributed by atoms with Gasteiger partial charge in [-0.25, -0.2) is 19.2 Å². The molecule has 0 aliphatic carbocycles. The van der Waals surface area contributed by atoms with Crippen LogP contribution in [0.5, 0.6) is 17.2 Å². The number of anilines is 1. The van der Waals surface area contributed by atoms with Gasteiger partial charge < -0.3 is 25.3 Å². The predicted molar refractivity (Wildman–Crippen MR) is 131 cm³/mol. The molecule has 3 aromatic rings. The number of nitrogens with two attached hydrogens (primary N) is 1. The van der Waals surface area contributed by atoms with Crippen molar-refractivity contribution in [3.8, 4) is 17.2 Å². The lowest BCUT2D eigenvalue weighted by molar-refractivity contribution is 0.157. The van der Waals surface area contributed by atoms with Crippen LogP contribution >= 0.6 is 0 Å². The Morgan fingerprint density at radius 1 is 1.28 bits per heavy atom. The number of methoxy groups -OCH3 is 1. The number of nitrogen functional groups attached to an aromatic ring is 1. The zero-order valence-electron chi connectivity index (χ0n) is 19.2. The molecule has 0 fully saturated rings. The number of aromatic amines is 1. The number of hydrogen-bond donors (Lipinski definition) is 4. The Morgan fingerprint density at radius 3 is 2.69 bits per heavy atom. The van der Waals surface area contributed by atoms with E-state index in [-0.39, 0.29) is 53.6 Å². The van der Waals surface area contributed by atoms with Crippen molar-refractivity contribution in [2.75, 3.05) is 32.2 Å². The summed E-state index contributed by atoms with van der Waals surface area (Å²) in [6, 6.07) is 7.14. The van der Waals surface area contributed by atoms with Crippen molar-refractivity contribution in [2.45, 2.75) is 12.5 Å². The van der Waals surface area contributed by atoms with Crippen LogP contribution in [0, 0.1) is 11.2 Å². The van der Waals surface area contributed by atoms with Gasteiger partial charge in [0.05, 0.1) is 7.11 Å². The maximum Gasteiger partial charge on any atom is 0.350 e. The van der Waals surface area contributed by atoms with Gasteiger partial charge in [-0.05, 0) is 30.3 Å². The molecule has 2 aliphatic heterocycles. The molecule has 12 nitrogen and oxygen atoms in total. The molecular formula is C23H23FN8O4. The molecule has 0 radical (unpaired) electrons. The third kappa shape index (κ3) is 4.26. The van der Waals surface area contributed by atoms with Crippen LogP contribution in [0.2, 0.25) is 0 Å². The molecule has 5 rings (SSSR count). The second-order valence-corrected chi connectivity index (χ2v) is 7.91. The molecule has 0 amide bonds. The summed E-state index contributed by atoms with van der Waals surface area (Å²) in [5.74, 6) is -0.181. The zero-order chi connectivity index (χ0) is 25.2. The first-order valence-corrected chi connectivity index (χ1v) is 11.1. The van der Waals surface area contributed by atoms with E-state index in [0.29, 0.717) is 24.2 Å². The lowest BCUT2D eigenvalue weighted by atomic mass is 10.0. The third-order valence-corrected chi connectivity index (χ3v) is 5.60. The minimum Gasteiger partial charge on any atom is -0.493 e. The Kier molecular flexibility index (Phi) is 6.10. The Bertz CT molecular complexity index is 1430. The van der Waals surface area contributed by atoms with Crippen LogP contribution in [0.4, 0.5) is 10.1 Å². The highest BCUT2D eigenvalue weighted by Crippen LogP contribution is 2.45. The first-order valence-electron chi connectivity index (χ1n) is 11.1. The van der Waals surface area contributed by atoms with Crippen LogP contribution in [0.25, 0.3) is 0 Å². The van der Waals surface area contributed by atoms with Crippen LogP contribution in [0.1, 0.15) is 29.4 Å². The number of aromatic nitrogens is 3.